The number of hydrogen-bond donors (Lipinski definition) is 1. The summed E-state index contributed by atoms with van der Waals surface area (Å²) in [6.45, 7) is 0.972. The fourth-order valence-electron chi connectivity index (χ4n) is 4.85. The zero-order chi connectivity index (χ0) is 26.5. The molecule has 0 aliphatic carbocycles. The third-order valence-electron chi connectivity index (χ3n) is 6.55. The van der Waals surface area contributed by atoms with E-state index in [2.05, 4.69) is 20.7 Å². The summed E-state index contributed by atoms with van der Waals surface area (Å²) < 4.78 is 86.7. The summed E-state index contributed by atoms with van der Waals surface area (Å²) in [4.78, 5) is 2.76. The van der Waals surface area contributed by atoms with Crippen molar-refractivity contribution >= 4 is 24.9 Å². The van der Waals surface area contributed by atoms with Gasteiger partial charge in [-0.3, -0.25) is 0 Å². The highest BCUT2D eigenvalue weighted by Gasteiger charge is 2.38. The number of anilines is 2. The first-order valence-corrected chi connectivity index (χ1v) is 11.5. The van der Waals surface area contributed by atoms with E-state index in [0.717, 1.165) is 28.8 Å². The first-order chi connectivity index (χ1) is 17.4. The lowest BCUT2D eigenvalue weighted by atomic mass is 9.82. The Hall–Kier alpha value is -3.29. The molecule has 5 rings (SSSR count). The van der Waals surface area contributed by atoms with Crippen molar-refractivity contribution in [3.63, 3.8) is 0 Å². The molecule has 0 fully saturated rings. The second-order valence-corrected chi connectivity index (χ2v) is 9.09. The number of rotatable bonds is 4. The van der Waals surface area contributed by atoms with Crippen LogP contribution in [0.4, 0.5) is 38.0 Å². The van der Waals surface area contributed by atoms with Crippen molar-refractivity contribution in [3.8, 4) is 0 Å². The Morgan fingerprint density at radius 2 is 1.78 bits per heavy atom. The molecule has 1 N–H and O–H groups in total. The molecule has 3 heterocycles. The molecule has 37 heavy (non-hydrogen) atoms. The van der Waals surface area contributed by atoms with Gasteiger partial charge in [0.1, 0.15) is 7.85 Å². The lowest BCUT2D eigenvalue weighted by molar-refractivity contribution is -0.143. The predicted octanol–water partition coefficient (Wildman–Crippen LogP) is 4.03. The monoisotopic (exact) mass is 522 g/mol. The third-order valence-corrected chi connectivity index (χ3v) is 6.55. The first-order valence-electron chi connectivity index (χ1n) is 11.5. The van der Waals surface area contributed by atoms with Gasteiger partial charge in [-0.25, -0.2) is 0 Å². The fourth-order valence-corrected chi connectivity index (χ4v) is 4.85. The van der Waals surface area contributed by atoms with Crippen molar-refractivity contribution < 1.29 is 31.1 Å². The highest BCUT2D eigenvalue weighted by atomic mass is 19.4. The number of benzene rings is 2. The quantitative estimate of drug-likeness (QED) is 0.413. The van der Waals surface area contributed by atoms with Crippen LogP contribution in [0.1, 0.15) is 52.3 Å². The number of nitrogens with one attached hydrogen (secondary N) is 1. The average molecular weight is 522 g/mol. The molecule has 2 radical (unpaired) electrons. The molecular weight excluding hydrogens is 501 g/mol. The summed E-state index contributed by atoms with van der Waals surface area (Å²) in [6, 6.07) is 2.97. The van der Waals surface area contributed by atoms with Crippen molar-refractivity contribution in [2.45, 2.75) is 51.0 Å². The topological polar surface area (TPSA) is 68.1 Å². The predicted molar refractivity (Wildman–Crippen MR) is 122 cm³/mol. The molecule has 2 aliphatic rings. The van der Waals surface area contributed by atoms with Crippen molar-refractivity contribution in [2.75, 3.05) is 16.8 Å². The molecular formula is C23H21BF6N6O. The van der Waals surface area contributed by atoms with E-state index in [0.29, 0.717) is 43.8 Å². The van der Waals surface area contributed by atoms with Crippen LogP contribution >= 0.6 is 0 Å². The number of aryl methyl sites for hydroxylation is 1. The van der Waals surface area contributed by atoms with Crippen molar-refractivity contribution in [1.29, 1.82) is 0 Å². The molecule has 0 bridgehead atoms. The van der Waals surface area contributed by atoms with Crippen LogP contribution in [-0.2, 0) is 43.9 Å². The lowest BCUT2D eigenvalue weighted by Crippen LogP contribution is -2.31. The maximum Gasteiger partial charge on any atom is 0.416 e. The highest BCUT2D eigenvalue weighted by Crippen LogP contribution is 2.40. The number of aromatic nitrogens is 4. The van der Waals surface area contributed by atoms with E-state index < -0.39 is 29.5 Å². The zero-order valence-corrected chi connectivity index (χ0v) is 19.6. The molecule has 7 nitrogen and oxygen atoms in total. The van der Waals surface area contributed by atoms with E-state index in [1.807, 2.05) is 6.07 Å². The van der Waals surface area contributed by atoms with Gasteiger partial charge in [-0.05, 0) is 64.6 Å². The maximum atomic E-state index is 13.5. The summed E-state index contributed by atoms with van der Waals surface area (Å²) in [5.41, 5.74) is 0.723. The van der Waals surface area contributed by atoms with Crippen LogP contribution in [0, 0.1) is 0 Å². The average Bonchev–Trinajstić information content (AvgIpc) is 3.41. The van der Waals surface area contributed by atoms with Crippen molar-refractivity contribution in [1.82, 2.24) is 20.2 Å². The van der Waals surface area contributed by atoms with Crippen molar-refractivity contribution in [2.24, 2.45) is 7.05 Å². The van der Waals surface area contributed by atoms with E-state index in [4.69, 9.17) is 12.6 Å². The molecule has 0 amide bonds. The summed E-state index contributed by atoms with van der Waals surface area (Å²) in [5.74, 6) is 0.0710. The normalized spacial score (nSPS) is 17.6. The molecule has 3 aromatic rings. The number of nitrogens with zero attached hydrogens (tertiary/aromatic N) is 5. The number of halogens is 6. The minimum Gasteiger partial charge on any atom is -0.385 e. The van der Waals surface area contributed by atoms with Gasteiger partial charge in [-0.15, -0.1) is 5.10 Å². The molecule has 1 atom stereocenters. The Morgan fingerprint density at radius 3 is 2.41 bits per heavy atom. The minimum atomic E-state index is -4.96. The smallest absolute Gasteiger partial charge is 0.385 e. The Balaban J connectivity index is 1.64. The largest absolute Gasteiger partial charge is 0.416 e. The minimum absolute atomic E-state index is 0.0710. The summed E-state index contributed by atoms with van der Waals surface area (Å²) >= 11 is 0. The molecule has 14 heteroatoms. The number of fused-ring (bicyclic) bond motifs is 2. The molecule has 1 aromatic heterocycles. The molecule has 0 spiro atoms. The van der Waals surface area contributed by atoms with Crippen LogP contribution in [0.15, 0.2) is 24.3 Å². The summed E-state index contributed by atoms with van der Waals surface area (Å²) in [5, 5.41) is 15.4. The Kier molecular flexibility index (Phi) is 6.33. The number of hydrogen-bond acceptors (Lipinski definition) is 6. The number of tetrazole rings is 1. The molecule has 2 aromatic carbocycles. The molecule has 0 saturated carbocycles. The Morgan fingerprint density at radius 1 is 1.08 bits per heavy atom. The van der Waals surface area contributed by atoms with Crippen LogP contribution in [0.25, 0.3) is 0 Å². The fraction of sp³-hybridized carbons (Fsp3) is 0.435. The van der Waals surface area contributed by atoms with Crippen LogP contribution in [-0.4, -0.2) is 34.6 Å². The summed E-state index contributed by atoms with van der Waals surface area (Å²) in [7, 11) is 7.98. The van der Waals surface area contributed by atoms with E-state index in [9.17, 15) is 26.3 Å². The standard InChI is InChI=1S/C23H21BF6N6O/c1-35-33-21(32-34-35)36(9-12-5-14(22(25,26)27)8-15(6-12)23(28,29)30)18-3-2-4-31-20-16(18)7-13-10-37-11-17(13)19(20)24/h5-8,18,31H,2-4,9-11H2,1H3/t18-/m0/s1. The highest BCUT2D eigenvalue weighted by molar-refractivity contribution is 6.37. The number of alkyl halides is 6. The lowest BCUT2D eigenvalue weighted by Gasteiger charge is -2.32. The van der Waals surface area contributed by atoms with E-state index >= 15 is 0 Å². The molecule has 0 unspecified atom stereocenters. The van der Waals surface area contributed by atoms with Gasteiger partial charge >= 0.3 is 12.4 Å². The maximum absolute atomic E-state index is 13.5. The molecule has 0 saturated heterocycles. The molecule has 194 valence electrons. The second kappa shape index (κ2) is 9.23. The third kappa shape index (κ3) is 4.98. The second-order valence-electron chi connectivity index (χ2n) is 9.09. The van der Waals surface area contributed by atoms with Gasteiger partial charge in [0, 0.05) is 18.8 Å². The van der Waals surface area contributed by atoms with Gasteiger partial charge in [-0.1, -0.05) is 10.6 Å². The van der Waals surface area contributed by atoms with Gasteiger partial charge in [0.15, 0.2) is 0 Å². The van der Waals surface area contributed by atoms with Crippen LogP contribution in [0.2, 0.25) is 0 Å². The first kappa shape index (κ1) is 25.4. The SMILES string of the molecule is [B]c1c2c(cc3c1NCCC[C@@H]3N(Cc1cc(C(F)(F)F)cc(C(F)(F)F)c1)c1nnn(C)n1)COC2. The van der Waals surface area contributed by atoms with Gasteiger partial charge in [0.05, 0.1) is 37.4 Å². The van der Waals surface area contributed by atoms with E-state index in [-0.39, 0.29) is 24.1 Å². The van der Waals surface area contributed by atoms with Crippen molar-refractivity contribution in [3.05, 3.63) is 57.6 Å². The van der Waals surface area contributed by atoms with Crippen LogP contribution in [0.3, 0.4) is 0 Å². The Labute approximate surface area is 209 Å². The van der Waals surface area contributed by atoms with Gasteiger partial charge in [-0.2, -0.15) is 31.1 Å². The molecule has 2 aliphatic heterocycles. The Bertz CT molecular complexity index is 1290. The zero-order valence-electron chi connectivity index (χ0n) is 19.6. The van der Waals surface area contributed by atoms with E-state index in [1.165, 1.54) is 11.8 Å². The van der Waals surface area contributed by atoms with Gasteiger partial charge in [0.2, 0.25) is 0 Å². The van der Waals surface area contributed by atoms with Crippen LogP contribution < -0.4 is 15.7 Å². The van der Waals surface area contributed by atoms with E-state index in [1.54, 1.807) is 4.90 Å². The summed E-state index contributed by atoms with van der Waals surface area (Å²) in [6.07, 6.45) is -8.74. The van der Waals surface area contributed by atoms with Crippen LogP contribution in [0.5, 0.6) is 0 Å². The van der Waals surface area contributed by atoms with Gasteiger partial charge < -0.3 is 15.0 Å². The number of ether oxygens (including phenoxy) is 1. The van der Waals surface area contributed by atoms with Gasteiger partial charge in [0.25, 0.3) is 5.95 Å².